The number of nitrogens with two attached hydrogens (primary N) is 1. The zero-order valence-electron chi connectivity index (χ0n) is 10.6. The van der Waals surface area contributed by atoms with E-state index < -0.39 is 9.84 Å². The third-order valence-electron chi connectivity index (χ3n) is 2.66. The molecule has 1 aromatic rings. The van der Waals surface area contributed by atoms with Crippen molar-refractivity contribution in [3.63, 3.8) is 0 Å². The molecule has 0 radical (unpaired) electrons. The quantitative estimate of drug-likeness (QED) is 0.885. The number of sulfone groups is 1. The lowest BCUT2D eigenvalue weighted by Gasteiger charge is -2.21. The lowest BCUT2D eigenvalue weighted by molar-refractivity contribution is 0.559. The van der Waals surface area contributed by atoms with E-state index in [2.05, 4.69) is 18.2 Å². The molecule has 0 aliphatic carbocycles. The van der Waals surface area contributed by atoms with Crippen LogP contribution in [0.5, 0.6) is 0 Å². The van der Waals surface area contributed by atoms with Gasteiger partial charge in [0.05, 0.1) is 0 Å². The average molecular weight is 277 g/mol. The average Bonchev–Trinajstić information content (AvgIpc) is 2.59. The molecule has 17 heavy (non-hydrogen) atoms. The van der Waals surface area contributed by atoms with Crippen molar-refractivity contribution in [2.75, 3.05) is 30.5 Å². The molecule has 0 aliphatic heterocycles. The molecule has 2 N–H and O–H groups in total. The highest BCUT2D eigenvalue weighted by Crippen LogP contribution is 2.34. The molecule has 1 atom stereocenters. The number of hydrogen-bond acceptors (Lipinski definition) is 6. The monoisotopic (exact) mass is 277 g/mol. The summed E-state index contributed by atoms with van der Waals surface area (Å²) in [4.78, 5) is 2.08. The fourth-order valence-corrected chi connectivity index (χ4v) is 3.76. The number of anilines is 2. The maximum atomic E-state index is 11.7. The lowest BCUT2D eigenvalue weighted by Crippen LogP contribution is -2.24. The highest BCUT2D eigenvalue weighted by molar-refractivity contribution is 7.91. The summed E-state index contributed by atoms with van der Waals surface area (Å²) in [6, 6.07) is 0. The van der Waals surface area contributed by atoms with Crippen molar-refractivity contribution in [2.45, 2.75) is 25.2 Å². The number of aromatic nitrogens is 1. The van der Waals surface area contributed by atoms with Gasteiger partial charge in [-0.15, -0.1) is 0 Å². The van der Waals surface area contributed by atoms with E-state index in [0.717, 1.165) is 30.8 Å². The van der Waals surface area contributed by atoms with E-state index in [-0.39, 0.29) is 10.7 Å². The van der Waals surface area contributed by atoms with Crippen LogP contribution in [0, 0.1) is 5.92 Å². The second kappa shape index (κ2) is 5.22. The fraction of sp³-hybridized carbons (Fsp3) is 0.700. The van der Waals surface area contributed by atoms with Crippen LogP contribution in [0.15, 0.2) is 4.90 Å². The number of rotatable bonds is 5. The topological polar surface area (TPSA) is 76.3 Å². The summed E-state index contributed by atoms with van der Waals surface area (Å²) in [5.74, 6) is 0.597. The van der Waals surface area contributed by atoms with Crippen LogP contribution in [0.4, 0.5) is 10.8 Å². The van der Waals surface area contributed by atoms with Gasteiger partial charge in [-0.1, -0.05) is 20.3 Å². The Hall–Kier alpha value is -0.820. The maximum Gasteiger partial charge on any atom is 0.182 e. The van der Waals surface area contributed by atoms with E-state index in [0.29, 0.717) is 10.9 Å². The van der Waals surface area contributed by atoms with Crippen LogP contribution in [-0.2, 0) is 9.84 Å². The van der Waals surface area contributed by atoms with Gasteiger partial charge in [-0.05, 0) is 17.5 Å². The summed E-state index contributed by atoms with van der Waals surface area (Å²) in [7, 11) is -1.46. The number of nitrogen functional groups attached to an aromatic ring is 1. The normalized spacial score (nSPS) is 13.6. The van der Waals surface area contributed by atoms with Gasteiger partial charge < -0.3 is 10.6 Å². The Bertz CT molecular complexity index is 482. The number of hydrogen-bond donors (Lipinski definition) is 1. The summed E-state index contributed by atoms with van der Waals surface area (Å²) in [6.45, 7) is 5.03. The molecule has 0 fully saturated rings. The standard InChI is InChI=1S/C10H19N3O2S2/c1-5-7(2)6-13(3)10-8(17(4,14)15)9(11)12-16-10/h7H,5-6H2,1-4H3,(H2,11,12). The lowest BCUT2D eigenvalue weighted by atomic mass is 10.1. The highest BCUT2D eigenvalue weighted by atomic mass is 32.2. The second-order valence-corrected chi connectivity index (χ2v) is 7.07. The van der Waals surface area contributed by atoms with Gasteiger partial charge in [0.15, 0.2) is 15.7 Å². The van der Waals surface area contributed by atoms with Gasteiger partial charge in [0, 0.05) is 19.8 Å². The minimum Gasteiger partial charge on any atom is -0.382 e. The smallest absolute Gasteiger partial charge is 0.182 e. The van der Waals surface area contributed by atoms with E-state index in [1.165, 1.54) is 0 Å². The maximum absolute atomic E-state index is 11.7. The Balaban J connectivity index is 3.07. The summed E-state index contributed by atoms with van der Waals surface area (Å²) < 4.78 is 27.2. The largest absolute Gasteiger partial charge is 0.382 e. The van der Waals surface area contributed by atoms with E-state index in [4.69, 9.17) is 5.73 Å². The minimum absolute atomic E-state index is 0.100. The van der Waals surface area contributed by atoms with Crippen LogP contribution in [-0.4, -0.2) is 32.6 Å². The van der Waals surface area contributed by atoms with Crippen LogP contribution < -0.4 is 10.6 Å². The molecule has 0 spiro atoms. The van der Waals surface area contributed by atoms with Crippen molar-refractivity contribution in [3.8, 4) is 0 Å². The summed E-state index contributed by atoms with van der Waals surface area (Å²) in [6.07, 6.45) is 2.21. The zero-order chi connectivity index (χ0) is 13.2. The number of nitrogens with zero attached hydrogens (tertiary/aromatic N) is 2. The molecule has 0 amide bonds. The summed E-state index contributed by atoms with van der Waals surface area (Å²) in [5, 5.41) is 0.630. The molecule has 98 valence electrons. The molecular weight excluding hydrogens is 258 g/mol. The fourth-order valence-electron chi connectivity index (χ4n) is 1.56. The van der Waals surface area contributed by atoms with Crippen molar-refractivity contribution in [2.24, 2.45) is 5.92 Å². The van der Waals surface area contributed by atoms with Crippen LogP contribution in [0.2, 0.25) is 0 Å². The molecule has 0 aliphatic rings. The summed E-state index contributed by atoms with van der Waals surface area (Å²) >= 11 is 1.14. The SMILES string of the molecule is CCC(C)CN(C)c1snc(N)c1S(C)(=O)=O. The van der Waals surface area contributed by atoms with Gasteiger partial charge >= 0.3 is 0 Å². The minimum atomic E-state index is -3.33. The Morgan fingerprint density at radius 2 is 2.12 bits per heavy atom. The zero-order valence-corrected chi connectivity index (χ0v) is 12.2. The molecule has 0 aromatic carbocycles. The first kappa shape index (κ1) is 14.2. The Kier molecular flexibility index (Phi) is 4.37. The van der Waals surface area contributed by atoms with Crippen LogP contribution in [0.25, 0.3) is 0 Å². The summed E-state index contributed by atoms with van der Waals surface area (Å²) in [5.41, 5.74) is 5.62. The van der Waals surface area contributed by atoms with Crippen LogP contribution in [0.1, 0.15) is 20.3 Å². The Morgan fingerprint density at radius 3 is 2.59 bits per heavy atom. The third kappa shape index (κ3) is 3.32. The molecule has 1 aromatic heterocycles. The molecule has 1 heterocycles. The van der Waals surface area contributed by atoms with Crippen molar-refractivity contribution in [1.82, 2.24) is 4.37 Å². The van der Waals surface area contributed by atoms with Gasteiger partial charge in [-0.2, -0.15) is 4.37 Å². The molecule has 0 saturated carbocycles. The predicted molar refractivity (Wildman–Crippen MR) is 72.4 cm³/mol. The molecule has 1 rings (SSSR count). The first-order chi connectivity index (χ1) is 7.77. The second-order valence-electron chi connectivity index (χ2n) is 4.37. The molecule has 1 unspecified atom stereocenters. The van der Waals surface area contributed by atoms with E-state index in [9.17, 15) is 8.42 Å². The van der Waals surface area contributed by atoms with Crippen molar-refractivity contribution in [3.05, 3.63) is 0 Å². The van der Waals surface area contributed by atoms with Gasteiger partial charge in [0.1, 0.15) is 9.90 Å². The first-order valence-electron chi connectivity index (χ1n) is 5.43. The van der Waals surface area contributed by atoms with E-state index >= 15 is 0 Å². The molecular formula is C10H19N3O2S2. The van der Waals surface area contributed by atoms with Crippen molar-refractivity contribution >= 4 is 32.2 Å². The molecule has 0 saturated heterocycles. The Labute approximate surface area is 107 Å². The van der Waals surface area contributed by atoms with Gasteiger partial charge in [0.2, 0.25) is 0 Å². The molecule has 5 nitrogen and oxygen atoms in total. The van der Waals surface area contributed by atoms with Crippen LogP contribution >= 0.6 is 11.5 Å². The van der Waals surface area contributed by atoms with E-state index in [1.807, 2.05) is 11.9 Å². The van der Waals surface area contributed by atoms with E-state index in [1.54, 1.807) is 0 Å². The van der Waals surface area contributed by atoms with Crippen LogP contribution in [0.3, 0.4) is 0 Å². The third-order valence-corrected chi connectivity index (χ3v) is 4.91. The van der Waals surface area contributed by atoms with Gasteiger partial charge in [-0.3, -0.25) is 0 Å². The van der Waals surface area contributed by atoms with Crippen molar-refractivity contribution < 1.29 is 8.42 Å². The molecule has 7 heteroatoms. The molecule has 0 bridgehead atoms. The highest BCUT2D eigenvalue weighted by Gasteiger charge is 2.24. The van der Waals surface area contributed by atoms with Gasteiger partial charge in [0.25, 0.3) is 0 Å². The van der Waals surface area contributed by atoms with Crippen molar-refractivity contribution in [1.29, 1.82) is 0 Å². The Morgan fingerprint density at radius 1 is 1.53 bits per heavy atom. The predicted octanol–water partition coefficient (Wildman–Crippen LogP) is 1.61. The van der Waals surface area contributed by atoms with Gasteiger partial charge in [-0.25, -0.2) is 8.42 Å². The first-order valence-corrected chi connectivity index (χ1v) is 8.10.